The van der Waals surface area contributed by atoms with Crippen LogP contribution in [0.15, 0.2) is 30.3 Å². The SMILES string of the molecule is O=C(NCCc1ccccc1)C1NNC2CCC([N+](=O)[O-])CC21. The average Bonchev–Trinajstić information content (AvgIpc) is 2.98. The van der Waals surface area contributed by atoms with Crippen molar-refractivity contribution < 1.29 is 9.72 Å². The Morgan fingerprint density at radius 1 is 1.26 bits per heavy atom. The minimum atomic E-state index is -0.530. The van der Waals surface area contributed by atoms with Crippen molar-refractivity contribution in [2.45, 2.75) is 43.8 Å². The zero-order valence-corrected chi connectivity index (χ0v) is 12.9. The largest absolute Gasteiger partial charge is 0.354 e. The van der Waals surface area contributed by atoms with Gasteiger partial charge in [0.2, 0.25) is 11.9 Å². The van der Waals surface area contributed by atoms with Gasteiger partial charge in [0.15, 0.2) is 0 Å². The van der Waals surface area contributed by atoms with Crippen molar-refractivity contribution in [2.75, 3.05) is 6.54 Å². The highest BCUT2D eigenvalue weighted by Crippen LogP contribution is 2.31. The third-order valence-corrected chi connectivity index (χ3v) is 4.86. The molecule has 1 amide bonds. The minimum Gasteiger partial charge on any atom is -0.354 e. The molecule has 2 aliphatic rings. The van der Waals surface area contributed by atoms with Crippen LogP contribution in [0.25, 0.3) is 0 Å². The molecule has 0 spiro atoms. The first-order valence-corrected chi connectivity index (χ1v) is 8.11. The van der Waals surface area contributed by atoms with Crippen molar-refractivity contribution in [1.82, 2.24) is 16.2 Å². The Kier molecular flexibility index (Phi) is 4.88. The highest BCUT2D eigenvalue weighted by Gasteiger charge is 2.46. The van der Waals surface area contributed by atoms with E-state index in [4.69, 9.17) is 0 Å². The summed E-state index contributed by atoms with van der Waals surface area (Å²) in [7, 11) is 0. The Morgan fingerprint density at radius 3 is 2.78 bits per heavy atom. The van der Waals surface area contributed by atoms with Gasteiger partial charge in [-0.3, -0.25) is 20.3 Å². The van der Waals surface area contributed by atoms with Gasteiger partial charge in [0.25, 0.3) is 0 Å². The van der Waals surface area contributed by atoms with Crippen molar-refractivity contribution in [3.8, 4) is 0 Å². The maximum atomic E-state index is 12.4. The second-order valence-corrected chi connectivity index (χ2v) is 6.32. The predicted octanol–water partition coefficient (Wildman–Crippen LogP) is 0.636. The number of benzene rings is 1. The molecule has 2 fully saturated rings. The molecule has 1 saturated carbocycles. The van der Waals surface area contributed by atoms with Crippen LogP contribution in [-0.2, 0) is 11.2 Å². The number of hydrogen-bond donors (Lipinski definition) is 3. The van der Waals surface area contributed by atoms with E-state index in [0.29, 0.717) is 19.4 Å². The number of rotatable bonds is 5. The average molecular weight is 318 g/mol. The molecule has 1 saturated heterocycles. The van der Waals surface area contributed by atoms with Gasteiger partial charge in [0.05, 0.1) is 0 Å². The van der Waals surface area contributed by atoms with Crippen molar-refractivity contribution in [3.05, 3.63) is 46.0 Å². The lowest BCUT2D eigenvalue weighted by Crippen LogP contribution is -2.47. The number of amides is 1. The fourth-order valence-electron chi connectivity index (χ4n) is 3.57. The van der Waals surface area contributed by atoms with Crippen LogP contribution in [0.2, 0.25) is 0 Å². The molecule has 1 aliphatic carbocycles. The number of carbonyl (C=O) groups is 1. The Hall–Kier alpha value is -1.99. The van der Waals surface area contributed by atoms with Crippen LogP contribution in [0.3, 0.4) is 0 Å². The first kappa shape index (κ1) is 15.9. The fourth-order valence-corrected chi connectivity index (χ4v) is 3.57. The fraction of sp³-hybridized carbons (Fsp3) is 0.562. The van der Waals surface area contributed by atoms with Crippen LogP contribution in [0.5, 0.6) is 0 Å². The predicted molar refractivity (Wildman–Crippen MR) is 85.1 cm³/mol. The zero-order chi connectivity index (χ0) is 16.2. The van der Waals surface area contributed by atoms with Gasteiger partial charge < -0.3 is 5.32 Å². The van der Waals surface area contributed by atoms with Gasteiger partial charge in [-0.25, -0.2) is 5.43 Å². The van der Waals surface area contributed by atoms with Crippen LogP contribution in [-0.4, -0.2) is 35.5 Å². The van der Waals surface area contributed by atoms with E-state index < -0.39 is 12.1 Å². The molecule has 0 bridgehead atoms. The highest BCUT2D eigenvalue weighted by molar-refractivity contribution is 5.82. The smallest absolute Gasteiger partial charge is 0.238 e. The zero-order valence-electron chi connectivity index (χ0n) is 12.9. The number of hydrogen-bond acceptors (Lipinski definition) is 5. The van der Waals surface area contributed by atoms with E-state index in [9.17, 15) is 14.9 Å². The summed E-state index contributed by atoms with van der Waals surface area (Å²) in [6.45, 7) is 0.567. The van der Waals surface area contributed by atoms with E-state index in [1.807, 2.05) is 30.3 Å². The van der Waals surface area contributed by atoms with Gasteiger partial charge in [-0.05, 0) is 18.4 Å². The summed E-state index contributed by atoms with van der Waals surface area (Å²) in [5.41, 5.74) is 7.32. The standard InChI is InChI=1S/C16H22N4O3/c21-16(17-9-8-11-4-2-1-3-5-11)15-13-10-12(20(22)23)6-7-14(13)18-19-15/h1-5,12-15,18-19H,6-10H2,(H,17,21). The molecule has 3 rings (SSSR count). The molecule has 124 valence electrons. The van der Waals surface area contributed by atoms with Crippen LogP contribution < -0.4 is 16.2 Å². The van der Waals surface area contributed by atoms with Gasteiger partial charge >= 0.3 is 0 Å². The van der Waals surface area contributed by atoms with E-state index in [1.165, 1.54) is 5.56 Å². The van der Waals surface area contributed by atoms with E-state index in [0.717, 1.165) is 12.8 Å². The Morgan fingerprint density at radius 2 is 2.04 bits per heavy atom. The topological polar surface area (TPSA) is 96.3 Å². The van der Waals surface area contributed by atoms with Crippen LogP contribution in [0, 0.1) is 16.0 Å². The third kappa shape index (κ3) is 3.68. The van der Waals surface area contributed by atoms with E-state index >= 15 is 0 Å². The van der Waals surface area contributed by atoms with E-state index in [2.05, 4.69) is 16.2 Å². The summed E-state index contributed by atoms with van der Waals surface area (Å²) in [4.78, 5) is 23.2. The number of hydrazine groups is 1. The Labute approximate surface area is 135 Å². The third-order valence-electron chi connectivity index (χ3n) is 4.86. The molecule has 3 N–H and O–H groups in total. The number of fused-ring (bicyclic) bond motifs is 1. The van der Waals surface area contributed by atoms with Gasteiger partial charge in [0, 0.05) is 36.3 Å². The number of nitro groups is 1. The Bertz CT molecular complexity index is 566. The molecule has 1 aromatic carbocycles. The number of nitrogens with zero attached hydrogens (tertiary/aromatic N) is 1. The van der Waals surface area contributed by atoms with Gasteiger partial charge in [-0.1, -0.05) is 30.3 Å². The van der Waals surface area contributed by atoms with Crippen molar-refractivity contribution in [2.24, 2.45) is 5.92 Å². The summed E-state index contributed by atoms with van der Waals surface area (Å²) in [6, 6.07) is 9.20. The second kappa shape index (κ2) is 7.06. The molecule has 0 radical (unpaired) electrons. The molecule has 4 atom stereocenters. The van der Waals surface area contributed by atoms with Crippen LogP contribution >= 0.6 is 0 Å². The molecule has 23 heavy (non-hydrogen) atoms. The van der Waals surface area contributed by atoms with Gasteiger partial charge in [-0.2, -0.15) is 0 Å². The number of carbonyl (C=O) groups excluding carboxylic acids is 1. The lowest BCUT2D eigenvalue weighted by atomic mass is 9.79. The molecular weight excluding hydrogens is 296 g/mol. The summed E-state index contributed by atoms with van der Waals surface area (Å²) in [5.74, 6) is -0.0965. The highest BCUT2D eigenvalue weighted by atomic mass is 16.6. The van der Waals surface area contributed by atoms with Crippen molar-refractivity contribution >= 4 is 5.91 Å². The molecule has 1 aromatic rings. The van der Waals surface area contributed by atoms with E-state index in [1.54, 1.807) is 0 Å². The van der Waals surface area contributed by atoms with Gasteiger partial charge in [0.1, 0.15) is 6.04 Å². The lowest BCUT2D eigenvalue weighted by molar-refractivity contribution is -0.528. The second-order valence-electron chi connectivity index (χ2n) is 6.32. The monoisotopic (exact) mass is 318 g/mol. The first-order chi connectivity index (χ1) is 11.1. The molecule has 1 heterocycles. The summed E-state index contributed by atoms with van der Waals surface area (Å²) in [5, 5.41) is 14.0. The molecule has 0 aromatic heterocycles. The number of nitrogens with one attached hydrogen (secondary N) is 3. The molecule has 4 unspecified atom stereocenters. The molecule has 7 nitrogen and oxygen atoms in total. The maximum Gasteiger partial charge on any atom is 0.238 e. The summed E-state index contributed by atoms with van der Waals surface area (Å²) < 4.78 is 0. The summed E-state index contributed by atoms with van der Waals surface area (Å²) in [6.07, 6.45) is 2.54. The van der Waals surface area contributed by atoms with Crippen LogP contribution in [0.4, 0.5) is 0 Å². The molecule has 1 aliphatic heterocycles. The molecule has 7 heteroatoms. The normalized spacial score (nSPS) is 29.7. The quantitative estimate of drug-likeness (QED) is 0.547. The van der Waals surface area contributed by atoms with Crippen LogP contribution in [0.1, 0.15) is 24.8 Å². The summed E-state index contributed by atoms with van der Waals surface area (Å²) >= 11 is 0. The molecular formula is C16H22N4O3. The van der Waals surface area contributed by atoms with E-state index in [-0.39, 0.29) is 22.8 Å². The minimum absolute atomic E-state index is 0.0177. The Balaban J connectivity index is 1.52. The van der Waals surface area contributed by atoms with Crippen molar-refractivity contribution in [3.63, 3.8) is 0 Å². The van der Waals surface area contributed by atoms with Gasteiger partial charge in [-0.15, -0.1) is 0 Å². The lowest BCUT2D eigenvalue weighted by Gasteiger charge is -2.28. The first-order valence-electron chi connectivity index (χ1n) is 8.11. The maximum absolute atomic E-state index is 12.4. The van der Waals surface area contributed by atoms with Crippen molar-refractivity contribution in [1.29, 1.82) is 0 Å².